The molecule has 96 valence electrons. The number of piperidine rings is 1. The molecular formula is C12H21N3O2. The fourth-order valence-electron chi connectivity index (χ4n) is 2.29. The molecule has 0 aromatic carbocycles. The number of hydrogen-bond donors (Lipinski definition) is 0. The lowest BCUT2D eigenvalue weighted by Gasteiger charge is -2.33. The summed E-state index contributed by atoms with van der Waals surface area (Å²) in [5.74, 6) is 1.87. The Kier molecular flexibility index (Phi) is 4.12. The van der Waals surface area contributed by atoms with E-state index in [4.69, 9.17) is 9.26 Å². The SMILES string of the molecule is COCc1nc(C2CCN(C(C)C)CC2)no1. The van der Waals surface area contributed by atoms with Crippen LogP contribution in [0.4, 0.5) is 0 Å². The van der Waals surface area contributed by atoms with Gasteiger partial charge in [-0.05, 0) is 39.8 Å². The quantitative estimate of drug-likeness (QED) is 0.802. The Morgan fingerprint density at radius 3 is 2.71 bits per heavy atom. The molecule has 1 aliphatic rings. The van der Waals surface area contributed by atoms with E-state index in [9.17, 15) is 0 Å². The summed E-state index contributed by atoms with van der Waals surface area (Å²) in [6.45, 7) is 7.13. The summed E-state index contributed by atoms with van der Waals surface area (Å²) >= 11 is 0. The second-order valence-electron chi connectivity index (χ2n) is 4.88. The average molecular weight is 239 g/mol. The monoisotopic (exact) mass is 239 g/mol. The number of ether oxygens (including phenoxy) is 1. The molecule has 1 fully saturated rings. The minimum absolute atomic E-state index is 0.401. The second-order valence-corrected chi connectivity index (χ2v) is 4.88. The van der Waals surface area contributed by atoms with Gasteiger partial charge in [0.15, 0.2) is 5.82 Å². The number of rotatable bonds is 4. The molecular weight excluding hydrogens is 218 g/mol. The predicted octanol–water partition coefficient (Wildman–Crippen LogP) is 1.80. The van der Waals surface area contributed by atoms with Crippen LogP contribution in [-0.2, 0) is 11.3 Å². The van der Waals surface area contributed by atoms with Gasteiger partial charge in [0.2, 0.25) is 0 Å². The lowest BCUT2D eigenvalue weighted by atomic mass is 9.95. The van der Waals surface area contributed by atoms with Crippen LogP contribution in [0, 0.1) is 0 Å². The van der Waals surface area contributed by atoms with Crippen LogP contribution in [0.2, 0.25) is 0 Å². The zero-order valence-electron chi connectivity index (χ0n) is 10.8. The van der Waals surface area contributed by atoms with E-state index >= 15 is 0 Å². The Morgan fingerprint density at radius 1 is 1.41 bits per heavy atom. The van der Waals surface area contributed by atoms with Crippen molar-refractivity contribution in [1.29, 1.82) is 0 Å². The van der Waals surface area contributed by atoms with Gasteiger partial charge in [0, 0.05) is 19.1 Å². The van der Waals surface area contributed by atoms with Crippen LogP contribution >= 0.6 is 0 Å². The van der Waals surface area contributed by atoms with Crippen molar-refractivity contribution < 1.29 is 9.26 Å². The fourth-order valence-corrected chi connectivity index (χ4v) is 2.29. The van der Waals surface area contributed by atoms with E-state index in [0.29, 0.717) is 24.5 Å². The van der Waals surface area contributed by atoms with Crippen molar-refractivity contribution in [3.05, 3.63) is 11.7 Å². The highest BCUT2D eigenvalue weighted by molar-refractivity contribution is 4.97. The standard InChI is InChI=1S/C12H21N3O2/c1-9(2)15-6-4-10(5-7-15)12-13-11(8-16-3)17-14-12/h9-10H,4-8H2,1-3H3. The van der Waals surface area contributed by atoms with Crippen LogP contribution in [0.1, 0.15) is 44.3 Å². The first-order valence-corrected chi connectivity index (χ1v) is 6.26. The zero-order chi connectivity index (χ0) is 12.3. The van der Waals surface area contributed by atoms with Gasteiger partial charge in [0.05, 0.1) is 0 Å². The van der Waals surface area contributed by atoms with Gasteiger partial charge >= 0.3 is 0 Å². The molecule has 5 heteroatoms. The van der Waals surface area contributed by atoms with Gasteiger partial charge in [0.1, 0.15) is 6.61 Å². The summed E-state index contributed by atoms with van der Waals surface area (Å²) in [5, 5.41) is 4.04. The Hall–Kier alpha value is -0.940. The van der Waals surface area contributed by atoms with E-state index in [0.717, 1.165) is 31.8 Å². The third-order valence-electron chi connectivity index (χ3n) is 3.38. The molecule has 0 spiro atoms. The van der Waals surface area contributed by atoms with Crippen LogP contribution in [0.5, 0.6) is 0 Å². The maximum atomic E-state index is 5.13. The molecule has 1 aliphatic heterocycles. The van der Waals surface area contributed by atoms with Crippen molar-refractivity contribution >= 4 is 0 Å². The van der Waals surface area contributed by atoms with Crippen molar-refractivity contribution in [3.63, 3.8) is 0 Å². The molecule has 0 unspecified atom stereocenters. The minimum atomic E-state index is 0.401. The van der Waals surface area contributed by atoms with Gasteiger partial charge in [-0.1, -0.05) is 5.16 Å². The number of hydrogen-bond acceptors (Lipinski definition) is 5. The Labute approximate surface area is 102 Å². The lowest BCUT2D eigenvalue weighted by Crippen LogP contribution is -2.38. The molecule has 1 aromatic rings. The van der Waals surface area contributed by atoms with Crippen molar-refractivity contribution in [2.24, 2.45) is 0 Å². The second kappa shape index (κ2) is 5.60. The molecule has 0 aliphatic carbocycles. The summed E-state index contributed by atoms with van der Waals surface area (Å²) in [4.78, 5) is 6.86. The number of likely N-dealkylation sites (tertiary alicyclic amines) is 1. The first-order valence-electron chi connectivity index (χ1n) is 6.26. The molecule has 0 saturated carbocycles. The van der Waals surface area contributed by atoms with Gasteiger partial charge in [-0.15, -0.1) is 0 Å². The largest absolute Gasteiger partial charge is 0.375 e. The van der Waals surface area contributed by atoms with E-state index in [1.807, 2.05) is 0 Å². The minimum Gasteiger partial charge on any atom is -0.375 e. The molecule has 2 heterocycles. The predicted molar refractivity (Wildman–Crippen MR) is 63.7 cm³/mol. The van der Waals surface area contributed by atoms with E-state index in [-0.39, 0.29) is 0 Å². The van der Waals surface area contributed by atoms with Crippen LogP contribution in [-0.4, -0.2) is 41.3 Å². The van der Waals surface area contributed by atoms with Crippen LogP contribution < -0.4 is 0 Å². The smallest absolute Gasteiger partial charge is 0.252 e. The fraction of sp³-hybridized carbons (Fsp3) is 0.833. The molecule has 1 saturated heterocycles. The zero-order valence-corrected chi connectivity index (χ0v) is 10.8. The number of nitrogens with zero attached hydrogens (tertiary/aromatic N) is 3. The highest BCUT2D eigenvalue weighted by atomic mass is 16.5. The lowest BCUT2D eigenvalue weighted by molar-refractivity contribution is 0.151. The van der Waals surface area contributed by atoms with Crippen molar-refractivity contribution in [1.82, 2.24) is 15.0 Å². The Bertz CT molecular complexity index is 343. The highest BCUT2D eigenvalue weighted by Gasteiger charge is 2.25. The summed E-state index contributed by atoms with van der Waals surface area (Å²) in [6, 6.07) is 0.630. The molecule has 0 N–H and O–H groups in total. The molecule has 1 aromatic heterocycles. The summed E-state index contributed by atoms with van der Waals surface area (Å²) < 4.78 is 10.1. The third-order valence-corrected chi connectivity index (χ3v) is 3.38. The third kappa shape index (κ3) is 3.04. The Morgan fingerprint density at radius 2 is 2.12 bits per heavy atom. The molecule has 2 rings (SSSR count). The Balaban J connectivity index is 1.91. The van der Waals surface area contributed by atoms with Crippen molar-refractivity contribution in [3.8, 4) is 0 Å². The van der Waals surface area contributed by atoms with Crippen LogP contribution in [0.3, 0.4) is 0 Å². The van der Waals surface area contributed by atoms with Crippen LogP contribution in [0.15, 0.2) is 4.52 Å². The molecule has 0 radical (unpaired) electrons. The van der Waals surface area contributed by atoms with Crippen LogP contribution in [0.25, 0.3) is 0 Å². The summed E-state index contributed by atoms with van der Waals surface area (Å²) in [7, 11) is 1.63. The van der Waals surface area contributed by atoms with Crippen molar-refractivity contribution in [2.45, 2.75) is 45.3 Å². The van der Waals surface area contributed by atoms with Gasteiger partial charge in [-0.3, -0.25) is 0 Å². The van der Waals surface area contributed by atoms with Crippen molar-refractivity contribution in [2.75, 3.05) is 20.2 Å². The molecule has 0 atom stereocenters. The van der Waals surface area contributed by atoms with E-state index in [1.165, 1.54) is 0 Å². The topological polar surface area (TPSA) is 51.4 Å². The highest BCUT2D eigenvalue weighted by Crippen LogP contribution is 2.26. The van der Waals surface area contributed by atoms with Gasteiger partial charge in [-0.25, -0.2) is 0 Å². The maximum absolute atomic E-state index is 5.13. The molecule has 17 heavy (non-hydrogen) atoms. The van der Waals surface area contributed by atoms with Gasteiger partial charge < -0.3 is 14.2 Å². The molecule has 0 bridgehead atoms. The average Bonchev–Trinajstić information content (AvgIpc) is 2.78. The van der Waals surface area contributed by atoms with E-state index in [1.54, 1.807) is 7.11 Å². The molecule has 5 nitrogen and oxygen atoms in total. The number of aromatic nitrogens is 2. The maximum Gasteiger partial charge on any atom is 0.252 e. The summed E-state index contributed by atoms with van der Waals surface area (Å²) in [5.41, 5.74) is 0. The van der Waals surface area contributed by atoms with E-state index < -0.39 is 0 Å². The molecule has 0 amide bonds. The summed E-state index contributed by atoms with van der Waals surface area (Å²) in [6.07, 6.45) is 2.23. The first kappa shape index (κ1) is 12.5. The first-order chi connectivity index (χ1) is 8.20. The van der Waals surface area contributed by atoms with E-state index in [2.05, 4.69) is 28.9 Å². The number of methoxy groups -OCH3 is 1. The van der Waals surface area contributed by atoms with Gasteiger partial charge in [0.25, 0.3) is 5.89 Å². The van der Waals surface area contributed by atoms with Gasteiger partial charge in [-0.2, -0.15) is 4.98 Å². The normalized spacial score (nSPS) is 19.1.